The molecule has 0 aliphatic heterocycles. The Balaban J connectivity index is 1.90. The number of aryl methyl sites for hydroxylation is 1. The first-order chi connectivity index (χ1) is 9.22. The van der Waals surface area contributed by atoms with E-state index in [1.165, 1.54) is 42.6 Å². The topological polar surface area (TPSA) is 26.0 Å². The average Bonchev–Trinajstić information content (AvgIpc) is 2.46. The van der Waals surface area contributed by atoms with E-state index in [9.17, 15) is 0 Å². The third-order valence-corrected chi connectivity index (χ3v) is 5.89. The maximum absolute atomic E-state index is 6.49. The standard InChI is InChI=1S/C17H27NS/c1-3-14-9-5-6-10-15(14)16(18)12-19-17-11-7-4-8-13(17)2/h4,7-8,11,14-16H,3,5-6,9-10,12,18H2,1-2H3. The molecule has 1 aromatic rings. The van der Waals surface area contributed by atoms with Crippen LogP contribution in [0.2, 0.25) is 0 Å². The molecule has 0 amide bonds. The Kier molecular flexibility index (Phi) is 5.77. The van der Waals surface area contributed by atoms with Crippen molar-refractivity contribution in [3.05, 3.63) is 29.8 Å². The number of benzene rings is 1. The molecule has 1 saturated carbocycles. The van der Waals surface area contributed by atoms with Crippen molar-refractivity contribution < 1.29 is 0 Å². The molecule has 1 fully saturated rings. The Hall–Kier alpha value is -0.470. The van der Waals surface area contributed by atoms with Gasteiger partial charge < -0.3 is 5.73 Å². The van der Waals surface area contributed by atoms with E-state index in [1.807, 2.05) is 11.8 Å². The first kappa shape index (κ1) is 14.9. The third kappa shape index (κ3) is 4.00. The summed E-state index contributed by atoms with van der Waals surface area (Å²) in [5.74, 6) is 2.67. The molecule has 2 heteroatoms. The maximum Gasteiger partial charge on any atom is 0.0165 e. The Bertz CT molecular complexity index is 391. The molecular weight excluding hydrogens is 250 g/mol. The van der Waals surface area contributed by atoms with E-state index in [0.717, 1.165) is 17.6 Å². The fourth-order valence-electron chi connectivity index (χ4n) is 3.33. The summed E-state index contributed by atoms with van der Waals surface area (Å²) in [6, 6.07) is 8.98. The van der Waals surface area contributed by atoms with Gasteiger partial charge in [-0.25, -0.2) is 0 Å². The van der Waals surface area contributed by atoms with E-state index in [1.54, 1.807) is 0 Å². The number of rotatable bonds is 5. The van der Waals surface area contributed by atoms with Crippen molar-refractivity contribution in [2.75, 3.05) is 5.75 Å². The van der Waals surface area contributed by atoms with Crippen molar-refractivity contribution in [1.29, 1.82) is 0 Å². The van der Waals surface area contributed by atoms with Gasteiger partial charge in [-0.3, -0.25) is 0 Å². The van der Waals surface area contributed by atoms with Crippen molar-refractivity contribution in [2.45, 2.75) is 56.9 Å². The van der Waals surface area contributed by atoms with E-state index in [2.05, 4.69) is 38.1 Å². The quantitative estimate of drug-likeness (QED) is 0.794. The van der Waals surface area contributed by atoms with E-state index in [-0.39, 0.29) is 0 Å². The van der Waals surface area contributed by atoms with Gasteiger partial charge in [-0.05, 0) is 36.8 Å². The Morgan fingerprint density at radius 2 is 2.00 bits per heavy atom. The summed E-state index contributed by atoms with van der Waals surface area (Å²) in [6.45, 7) is 4.51. The van der Waals surface area contributed by atoms with E-state index < -0.39 is 0 Å². The van der Waals surface area contributed by atoms with Crippen LogP contribution in [-0.4, -0.2) is 11.8 Å². The van der Waals surface area contributed by atoms with Crippen LogP contribution < -0.4 is 5.73 Å². The molecule has 0 saturated heterocycles. The molecule has 1 nitrogen and oxygen atoms in total. The SMILES string of the molecule is CCC1CCCCC1C(N)CSc1ccccc1C. The molecule has 2 rings (SSSR count). The van der Waals surface area contributed by atoms with Gasteiger partial charge in [0.25, 0.3) is 0 Å². The van der Waals surface area contributed by atoms with Gasteiger partial charge in [0.15, 0.2) is 0 Å². The first-order valence-electron chi connectivity index (χ1n) is 7.66. The second kappa shape index (κ2) is 7.35. The lowest BCUT2D eigenvalue weighted by molar-refractivity contribution is 0.205. The molecule has 3 atom stereocenters. The van der Waals surface area contributed by atoms with Gasteiger partial charge in [0.1, 0.15) is 0 Å². The van der Waals surface area contributed by atoms with Gasteiger partial charge >= 0.3 is 0 Å². The maximum atomic E-state index is 6.49. The minimum absolute atomic E-state index is 0.356. The van der Waals surface area contributed by atoms with Crippen LogP contribution in [0.25, 0.3) is 0 Å². The highest BCUT2D eigenvalue weighted by Crippen LogP contribution is 2.35. The second-order valence-corrected chi connectivity index (χ2v) is 6.92. The van der Waals surface area contributed by atoms with Gasteiger partial charge in [0.05, 0.1) is 0 Å². The van der Waals surface area contributed by atoms with Gasteiger partial charge in [-0.15, -0.1) is 11.8 Å². The van der Waals surface area contributed by atoms with Crippen molar-refractivity contribution in [1.82, 2.24) is 0 Å². The van der Waals surface area contributed by atoms with E-state index >= 15 is 0 Å². The summed E-state index contributed by atoms with van der Waals surface area (Å²) in [4.78, 5) is 1.39. The molecule has 0 radical (unpaired) electrons. The number of thioether (sulfide) groups is 1. The highest BCUT2D eigenvalue weighted by molar-refractivity contribution is 7.99. The number of nitrogens with two attached hydrogens (primary N) is 1. The van der Waals surface area contributed by atoms with Crippen LogP contribution in [0.3, 0.4) is 0 Å². The monoisotopic (exact) mass is 277 g/mol. The molecule has 0 spiro atoms. The van der Waals surface area contributed by atoms with Crippen molar-refractivity contribution in [2.24, 2.45) is 17.6 Å². The van der Waals surface area contributed by atoms with Gasteiger partial charge in [0, 0.05) is 16.7 Å². The smallest absolute Gasteiger partial charge is 0.0165 e. The van der Waals surface area contributed by atoms with Crippen LogP contribution in [0.5, 0.6) is 0 Å². The minimum Gasteiger partial charge on any atom is -0.327 e. The molecular formula is C17H27NS. The zero-order chi connectivity index (χ0) is 13.7. The third-order valence-electron chi connectivity index (χ3n) is 4.57. The molecule has 1 aliphatic carbocycles. The lowest BCUT2D eigenvalue weighted by Gasteiger charge is -2.35. The molecule has 1 aliphatic rings. The first-order valence-corrected chi connectivity index (χ1v) is 8.65. The van der Waals surface area contributed by atoms with Crippen molar-refractivity contribution in [3.8, 4) is 0 Å². The largest absolute Gasteiger partial charge is 0.327 e. The zero-order valence-electron chi connectivity index (χ0n) is 12.3. The van der Waals surface area contributed by atoms with Gasteiger partial charge in [-0.1, -0.05) is 50.8 Å². The second-order valence-electron chi connectivity index (χ2n) is 5.86. The summed E-state index contributed by atoms with van der Waals surface area (Å²) in [5, 5.41) is 0. The summed E-state index contributed by atoms with van der Waals surface area (Å²) in [6.07, 6.45) is 6.82. The fraction of sp³-hybridized carbons (Fsp3) is 0.647. The Labute approximate surface area is 122 Å². The van der Waals surface area contributed by atoms with Crippen LogP contribution in [-0.2, 0) is 0 Å². The van der Waals surface area contributed by atoms with Crippen LogP contribution in [0.15, 0.2) is 29.2 Å². The highest BCUT2D eigenvalue weighted by atomic mass is 32.2. The number of hydrogen-bond donors (Lipinski definition) is 1. The lowest BCUT2D eigenvalue weighted by Crippen LogP contribution is -2.38. The van der Waals surface area contributed by atoms with Crippen LogP contribution in [0.4, 0.5) is 0 Å². The predicted molar refractivity (Wildman–Crippen MR) is 85.6 cm³/mol. The molecule has 19 heavy (non-hydrogen) atoms. The zero-order valence-corrected chi connectivity index (χ0v) is 13.1. The predicted octanol–water partition coefficient (Wildman–Crippen LogP) is 4.63. The van der Waals surface area contributed by atoms with Crippen LogP contribution in [0, 0.1) is 18.8 Å². The van der Waals surface area contributed by atoms with Gasteiger partial charge in [0.2, 0.25) is 0 Å². The molecule has 0 heterocycles. The average molecular weight is 277 g/mol. The lowest BCUT2D eigenvalue weighted by atomic mass is 9.75. The summed E-state index contributed by atoms with van der Waals surface area (Å²) in [5.41, 5.74) is 7.86. The Morgan fingerprint density at radius 1 is 1.26 bits per heavy atom. The minimum atomic E-state index is 0.356. The fourth-order valence-corrected chi connectivity index (χ4v) is 4.42. The Morgan fingerprint density at radius 3 is 2.74 bits per heavy atom. The molecule has 2 N–H and O–H groups in total. The van der Waals surface area contributed by atoms with Gasteiger partial charge in [-0.2, -0.15) is 0 Å². The van der Waals surface area contributed by atoms with Crippen LogP contribution >= 0.6 is 11.8 Å². The van der Waals surface area contributed by atoms with E-state index in [0.29, 0.717) is 6.04 Å². The van der Waals surface area contributed by atoms with E-state index in [4.69, 9.17) is 5.73 Å². The van der Waals surface area contributed by atoms with Crippen molar-refractivity contribution >= 4 is 11.8 Å². The molecule has 1 aromatic carbocycles. The molecule has 0 bridgehead atoms. The van der Waals surface area contributed by atoms with Crippen LogP contribution in [0.1, 0.15) is 44.6 Å². The summed E-state index contributed by atoms with van der Waals surface area (Å²) in [7, 11) is 0. The summed E-state index contributed by atoms with van der Waals surface area (Å²) < 4.78 is 0. The molecule has 3 unspecified atom stereocenters. The van der Waals surface area contributed by atoms with Crippen molar-refractivity contribution in [3.63, 3.8) is 0 Å². The molecule has 0 aromatic heterocycles. The molecule has 106 valence electrons. The highest BCUT2D eigenvalue weighted by Gasteiger charge is 2.28. The normalized spacial score (nSPS) is 25.2. The summed E-state index contributed by atoms with van der Waals surface area (Å²) >= 11 is 1.94. The number of hydrogen-bond acceptors (Lipinski definition) is 2.